The zero-order chi connectivity index (χ0) is 9.80. The minimum atomic E-state index is 0. The second-order valence-corrected chi connectivity index (χ2v) is 2.83. The molecule has 274 valence electrons. The molecule has 0 fully saturated rings. The van der Waals surface area contributed by atoms with Gasteiger partial charge in [-0.3, -0.25) is 0 Å². The smallest absolute Gasteiger partial charge is 0.00736 e. The molecule has 0 unspecified atom stereocenters. The average molecular weight is 6230 g/mol. The van der Waals surface area contributed by atoms with Crippen LogP contribution < -0.4 is 4.90 Å². The van der Waals surface area contributed by atoms with Crippen molar-refractivity contribution in [1.82, 2.24) is 9.97 Å². The van der Waals surface area contributed by atoms with Crippen molar-refractivity contribution in [2.75, 3.05) is 11.9 Å². The van der Waals surface area contributed by atoms with Gasteiger partial charge in [0.2, 0.25) is 0 Å². The molecule has 0 spiro atoms. The molecular weight excluding hydrogens is 6220 g/mol. The van der Waals surface area contributed by atoms with Crippen LogP contribution in [0, 0.1) is 12.4 Å². The number of pyridine rings is 2. The predicted octanol–water partition coefficient (Wildman–Crippen LogP) is 1.67. The van der Waals surface area contributed by atoms with Gasteiger partial charge >= 0.3 is 0 Å². The van der Waals surface area contributed by atoms with Crippen molar-refractivity contribution in [2.24, 2.45) is 0 Å². The van der Waals surface area contributed by atoms with E-state index in [9.17, 15) is 0 Å². The fraction of sp³-hybridized carbons (Fsp3) is 0.0909. The molecule has 71 heteroatoms. The monoisotopic (exact) mass is 6230 g/mol. The van der Waals surface area contributed by atoms with Crippen molar-refractivity contribution in [1.29, 1.82) is 0 Å². The summed E-state index contributed by atoms with van der Waals surface area (Å²) in [4.78, 5) is 9.79. The van der Waals surface area contributed by atoms with E-state index in [4.69, 9.17) is 0 Å². The number of rotatable bonds is 2. The van der Waals surface area contributed by atoms with Crippen LogP contribution in [0.25, 0.3) is 0 Å². The molecule has 0 bridgehead atoms. The summed E-state index contributed by atoms with van der Waals surface area (Å²) in [5.41, 5.74) is 1.80. The third kappa shape index (κ3) is 376. The summed E-state index contributed by atoms with van der Waals surface area (Å²) < 4.78 is 0. The summed E-state index contributed by atoms with van der Waals surface area (Å²) in [5.74, 6) is 0. The van der Waals surface area contributed by atoms with Crippen LogP contribution in [0.1, 0.15) is 0 Å². The summed E-state index contributed by atoms with van der Waals surface area (Å²) in [7, 11) is 1.93. The molecule has 2 aromatic heterocycles. The van der Waals surface area contributed by atoms with Crippen molar-refractivity contribution < 1.29 is 2220 Å². The minimum absolute atomic E-state index is 0. The minimum Gasteiger partial charge on any atom is -0.392 e. The molecule has 82 heavy (non-hydrogen) atoms. The quantitative estimate of drug-likeness (QED) is 0.430. The van der Waals surface area contributed by atoms with Gasteiger partial charge in [-0.05, 0) is 0 Å². The Balaban J connectivity index is -0.000000000509. The molecule has 0 amide bonds. The molecule has 0 N–H and O–H groups in total. The topological polar surface area (TPSA) is 29.0 Å². The summed E-state index contributed by atoms with van der Waals surface area (Å²) >= 11 is 0. The van der Waals surface area contributed by atoms with Gasteiger partial charge < -0.3 is 14.9 Å². The molecule has 0 aromatic carbocycles. The van der Waals surface area contributed by atoms with E-state index in [0.29, 0.717) is 0 Å². The maximum Gasteiger partial charge on any atom is 0.00736 e. The molecule has 0 saturated carbocycles. The zero-order valence-electron chi connectivity index (χ0n) is 47.1. The molecule has 0 aliphatic carbocycles. The zero-order valence-corrected chi connectivity index (χ0v) is 240. The Morgan fingerprint density at radius 3 is 0.329 bits per heavy atom. The van der Waals surface area contributed by atoms with E-state index in [1.165, 1.54) is 0 Å². The molecular formula is C11H9N3Y68-2. The van der Waals surface area contributed by atoms with E-state index in [1.807, 2.05) is 36.2 Å². The van der Waals surface area contributed by atoms with Gasteiger partial charge in [-0.25, -0.2) is 0 Å². The van der Waals surface area contributed by atoms with Gasteiger partial charge in [0.15, 0.2) is 0 Å². The molecule has 3 nitrogen and oxygen atoms in total. The van der Waals surface area contributed by atoms with E-state index in [-0.39, 0.29) is 2220 Å². The van der Waals surface area contributed by atoms with Gasteiger partial charge in [0.25, 0.3) is 0 Å². The maximum absolute atomic E-state index is 3.93. The number of hydrogen-bond acceptors (Lipinski definition) is 3. The van der Waals surface area contributed by atoms with Crippen molar-refractivity contribution in [3.63, 3.8) is 0 Å². The third-order valence-electron chi connectivity index (χ3n) is 1.91. The maximum atomic E-state index is 3.93. The van der Waals surface area contributed by atoms with Crippen LogP contribution in [-0.4, -0.2) is 17.0 Å². The van der Waals surface area contributed by atoms with E-state index < -0.39 is 0 Å². The van der Waals surface area contributed by atoms with Crippen molar-refractivity contribution in [3.05, 3.63) is 49.1 Å². The Morgan fingerprint density at radius 1 is 0.183 bits per heavy atom. The first-order chi connectivity index (χ1) is 6.88. The molecule has 0 aliphatic heterocycles. The van der Waals surface area contributed by atoms with Crippen LogP contribution in [0.4, 0.5) is 11.4 Å². The van der Waals surface area contributed by atoms with Gasteiger partial charge in [0.05, 0.1) is 0 Å². The van der Waals surface area contributed by atoms with E-state index >= 15 is 0 Å². The second kappa shape index (κ2) is 426. The Kier molecular flexibility index (Phi) is 2460. The number of nitrogens with zero attached hydrogens (tertiary/aromatic N) is 3. The van der Waals surface area contributed by atoms with Crippen molar-refractivity contribution in [2.45, 2.75) is 0 Å². The fourth-order valence-electron chi connectivity index (χ4n) is 1.14. The first-order valence-corrected chi connectivity index (χ1v) is 4.27. The van der Waals surface area contributed by atoms with Crippen molar-refractivity contribution >= 4 is 11.4 Å². The fourth-order valence-corrected chi connectivity index (χ4v) is 1.14. The van der Waals surface area contributed by atoms with Crippen LogP contribution in [-0.2, 0) is 2220 Å². The second-order valence-electron chi connectivity index (χ2n) is 2.83. The summed E-state index contributed by atoms with van der Waals surface area (Å²) in [6, 6.07) is 7.62. The molecule has 68 radical (unpaired) electrons. The standard InChI is InChI=1S/C11H9N3.68Y/c1-14(10-4-2-6-12-8-10)11-5-3-7-13-9-11;;;;;;;;;;;;;;;;;;;;;;;;;;;;;;;;;;;;;;;;;;;;;;;;;;;;;;;;;;;;;;;;;;;;/h2-7H,1H3;;;;;;;;;;;;;;;;;;;;;;;;;;;;;;;;;;;;;;;;;;;;;;;;;;;;;;;;;;;;;;;;;;;;/q-2;;;;;;;;;;;;;;;;;;;;;;;;;;;;;;;;;;;;;;;;;;;;;;;;;;;;;;;;;;;;;;;;;;;;. The van der Waals surface area contributed by atoms with E-state index in [1.54, 1.807) is 12.4 Å². The Labute approximate surface area is 2220 Å². The summed E-state index contributed by atoms with van der Waals surface area (Å²) in [6.07, 6.45) is 9.19. The Bertz CT molecular complexity index is 400. The molecule has 2 heterocycles. The normalized spacial score (nSPS) is 1.67. The van der Waals surface area contributed by atoms with Gasteiger partial charge in [0.1, 0.15) is 0 Å². The average Bonchev–Trinajstić information content (AvgIpc) is 2.30. The summed E-state index contributed by atoms with van der Waals surface area (Å²) in [5, 5.41) is 0. The van der Waals surface area contributed by atoms with Crippen LogP contribution in [0.3, 0.4) is 0 Å². The first kappa shape index (κ1) is 474. The predicted molar refractivity (Wildman–Crippen MR) is 54.2 cm³/mol. The molecule has 2 rings (SSSR count). The largest absolute Gasteiger partial charge is 0.392 e. The molecule has 0 atom stereocenters. The Hall–Kier alpha value is 73.2. The summed E-state index contributed by atoms with van der Waals surface area (Å²) in [6.45, 7) is 0. The molecule has 2 aromatic rings. The van der Waals surface area contributed by atoms with Crippen LogP contribution >= 0.6 is 0 Å². The van der Waals surface area contributed by atoms with E-state index in [0.717, 1.165) is 11.4 Å². The number of anilines is 2. The van der Waals surface area contributed by atoms with Gasteiger partial charge in [-0.15, -0.1) is 12.1 Å². The van der Waals surface area contributed by atoms with Crippen LogP contribution in [0.15, 0.2) is 36.7 Å². The van der Waals surface area contributed by atoms with Crippen LogP contribution in [0.2, 0.25) is 0 Å². The molecule has 0 aliphatic rings. The SMILES string of the molecule is CN(c1[c-]nccc1)c1[c-]nccc1.[Y].[Y].[Y].[Y].[Y].[Y].[Y].[Y].[Y].[Y].[Y].[Y].[Y].[Y].[Y].[Y].[Y].[Y].[Y].[Y].[Y].[Y].[Y].[Y].[Y].[Y].[Y].[Y].[Y].[Y].[Y].[Y].[Y].[Y].[Y].[Y].[Y].[Y].[Y].[Y].[Y].[Y].[Y].[Y].[Y].[Y].[Y].[Y].[Y].[Y].[Y].[Y].[Y].[Y].[Y].[Y].[Y].[Y].[Y].[Y].[Y].[Y].[Y].[Y].[Y].[Y].[Y].[Y]. The Morgan fingerprint density at radius 2 is 0.268 bits per heavy atom. The van der Waals surface area contributed by atoms with Crippen molar-refractivity contribution in [3.8, 4) is 0 Å². The van der Waals surface area contributed by atoms with Gasteiger partial charge in [-0.1, -0.05) is 36.2 Å². The van der Waals surface area contributed by atoms with Gasteiger partial charge in [-0.2, -0.15) is 12.1 Å². The molecule has 0 saturated heterocycles. The van der Waals surface area contributed by atoms with Gasteiger partial charge in [0, 0.05) is 2230 Å². The number of hydrogen-bond donors (Lipinski definition) is 0. The first-order valence-electron chi connectivity index (χ1n) is 4.27. The van der Waals surface area contributed by atoms with Crippen LogP contribution in [0.5, 0.6) is 0 Å². The van der Waals surface area contributed by atoms with E-state index in [2.05, 4.69) is 22.4 Å². The number of aromatic nitrogens is 2. The third-order valence-corrected chi connectivity index (χ3v) is 1.91.